The average Bonchev–Trinajstić information content (AvgIpc) is 4.02. The Kier molecular flexibility index (Phi) is 18.3. The van der Waals surface area contributed by atoms with E-state index in [1.54, 1.807) is 22.7 Å². The molecule has 8 rings (SSSR count). The van der Waals surface area contributed by atoms with E-state index in [0.29, 0.717) is 24.7 Å². The van der Waals surface area contributed by atoms with Crippen molar-refractivity contribution in [1.29, 1.82) is 0 Å². The minimum Gasteiger partial charge on any atom is -0.460 e. The molecule has 6 aromatic rings. The molecule has 0 aliphatic carbocycles. The lowest BCUT2D eigenvalue weighted by molar-refractivity contribution is -0.156. The van der Waals surface area contributed by atoms with Crippen LogP contribution in [-0.2, 0) is 23.9 Å². The number of hydrogen-bond donors (Lipinski definition) is 3. The second-order valence-corrected chi connectivity index (χ2v) is 21.9. The molecule has 18 heteroatoms. The van der Waals surface area contributed by atoms with Gasteiger partial charge in [-0.05, 0) is 125 Å². The fourth-order valence-electron chi connectivity index (χ4n) is 8.12. The van der Waals surface area contributed by atoms with Gasteiger partial charge in [0.15, 0.2) is 11.6 Å². The molecule has 0 unspecified atom stereocenters. The molecule has 384 valence electrons. The third-order valence-electron chi connectivity index (χ3n) is 11.5. The molecule has 16 nitrogen and oxygen atoms in total. The molecule has 0 saturated carbocycles. The number of carbonyl (C=O) groups is 2. The standard InChI is InChI=1S/C28H32N4O2S.C27H31N5O3S.H3NO/c1-8-9-10-11-20-12-14-21(15-13-20)25-24-17(2)18(3)35-27(24)32-19(4)30-31-26(32)22(29-25)16-23(33)34-28(5,6)7;1-16-17(2)36-26-23(16)24(20-12-10-19(11-13-20)9-7-8-14-34-28)29-21(15-22(33)35-27(4,5)6)25-31-30-18(3)32(25)26;1-2/h12-15,22H,8-9,16H2,1-7H3;10-13,21H,8,14-15,28H2,1-6H3;2H,1H2/t22-;21-;/m00./s1. The molecule has 2 aliphatic rings. The van der Waals surface area contributed by atoms with Crippen molar-refractivity contribution in [3.8, 4) is 33.7 Å². The molecule has 6 heterocycles. The van der Waals surface area contributed by atoms with Crippen molar-refractivity contribution >= 4 is 46.0 Å². The van der Waals surface area contributed by atoms with E-state index >= 15 is 0 Å². The third kappa shape index (κ3) is 13.3. The number of benzene rings is 2. The van der Waals surface area contributed by atoms with E-state index in [4.69, 9.17) is 30.6 Å². The van der Waals surface area contributed by atoms with Crippen molar-refractivity contribution in [2.75, 3.05) is 6.61 Å². The highest BCUT2D eigenvalue weighted by Gasteiger charge is 2.35. The first-order chi connectivity index (χ1) is 34.7. The minimum absolute atomic E-state index is 0.0681. The predicted octanol–water partition coefficient (Wildman–Crippen LogP) is 9.87. The fraction of sp³-hybridized carbons (Fsp3) is 0.418. The third-order valence-corrected chi connectivity index (χ3v) is 13.9. The zero-order valence-corrected chi connectivity index (χ0v) is 45.7. The summed E-state index contributed by atoms with van der Waals surface area (Å²) in [6.07, 6.45) is 2.65. The Hall–Kier alpha value is -6.64. The SMILES string of the molecule is CCCC#Cc1ccc(C2=N[C@@H](CC(=O)OC(C)(C)C)c3nnc(C)n3-c3sc(C)c(C)c32)cc1.Cc1sc2c(c1C)C(c1ccc(C#CCCON)cc1)=N[C@@H](CC(=O)OC(C)(C)C)c1nnc(C)n1-2.NO. The van der Waals surface area contributed by atoms with Crippen molar-refractivity contribution < 1.29 is 29.1 Å². The zero-order chi connectivity index (χ0) is 53.4. The van der Waals surface area contributed by atoms with Gasteiger partial charge in [0, 0.05) is 56.0 Å². The highest BCUT2D eigenvalue weighted by atomic mass is 32.1. The maximum absolute atomic E-state index is 12.8. The largest absolute Gasteiger partial charge is 0.460 e. The van der Waals surface area contributed by atoms with Crippen molar-refractivity contribution in [3.63, 3.8) is 0 Å². The molecule has 5 N–H and O–H groups in total. The van der Waals surface area contributed by atoms with Crippen molar-refractivity contribution in [2.45, 2.75) is 145 Å². The quantitative estimate of drug-likeness (QED) is 0.0533. The molecular weight excluding hydrogens is 961 g/mol. The number of thiophene rings is 2. The van der Waals surface area contributed by atoms with Crippen LogP contribution in [0.1, 0.15) is 170 Å². The van der Waals surface area contributed by atoms with Gasteiger partial charge in [-0.1, -0.05) is 54.9 Å². The van der Waals surface area contributed by atoms with Gasteiger partial charge in [0.2, 0.25) is 0 Å². The topological polar surface area (TPSA) is 220 Å². The molecule has 0 amide bonds. The number of nitrogens with zero attached hydrogens (tertiary/aromatic N) is 8. The van der Waals surface area contributed by atoms with E-state index in [-0.39, 0.29) is 24.8 Å². The van der Waals surface area contributed by atoms with Gasteiger partial charge < -0.3 is 19.5 Å². The molecule has 0 fully saturated rings. The highest BCUT2D eigenvalue weighted by molar-refractivity contribution is 7.15. The Morgan fingerprint density at radius 1 is 0.630 bits per heavy atom. The summed E-state index contributed by atoms with van der Waals surface area (Å²) >= 11 is 3.38. The van der Waals surface area contributed by atoms with Crippen LogP contribution in [-0.4, -0.2) is 75.9 Å². The number of carbonyl (C=O) groups excluding carboxylic acids is 2. The highest BCUT2D eigenvalue weighted by Crippen LogP contribution is 2.41. The van der Waals surface area contributed by atoms with Gasteiger partial charge in [0.1, 0.15) is 44.9 Å². The summed E-state index contributed by atoms with van der Waals surface area (Å²) < 4.78 is 15.3. The number of fused-ring (bicyclic) bond motifs is 6. The number of nitrogens with two attached hydrogens (primary N) is 2. The van der Waals surface area contributed by atoms with Gasteiger partial charge in [-0.2, -0.15) is 0 Å². The zero-order valence-electron chi connectivity index (χ0n) is 44.1. The lowest BCUT2D eigenvalue weighted by Gasteiger charge is -2.21. The first-order valence-corrected chi connectivity index (χ1v) is 25.7. The number of esters is 2. The minimum atomic E-state index is -0.586. The van der Waals surface area contributed by atoms with Crippen molar-refractivity contribution in [2.24, 2.45) is 21.8 Å². The summed E-state index contributed by atoms with van der Waals surface area (Å²) in [6.45, 7) is 26.0. The first-order valence-electron chi connectivity index (χ1n) is 24.1. The Morgan fingerprint density at radius 2 is 1.01 bits per heavy atom. The Bertz CT molecular complexity index is 3140. The maximum atomic E-state index is 12.8. The van der Waals surface area contributed by atoms with E-state index in [0.717, 1.165) is 84.9 Å². The van der Waals surface area contributed by atoms with Crippen LogP contribution in [0.3, 0.4) is 0 Å². The number of aromatic nitrogens is 6. The average molecular weight is 1030 g/mol. The first kappa shape index (κ1) is 55.7. The van der Waals surface area contributed by atoms with Crippen LogP contribution >= 0.6 is 22.7 Å². The molecule has 0 spiro atoms. The number of unbranched alkanes of at least 4 members (excludes halogenated alkanes) is 1. The summed E-state index contributed by atoms with van der Waals surface area (Å²) in [7, 11) is 0. The molecule has 2 aromatic carbocycles. The molecule has 0 radical (unpaired) electrons. The van der Waals surface area contributed by atoms with Crippen LogP contribution in [0, 0.1) is 65.2 Å². The normalized spacial score (nSPS) is 14.5. The van der Waals surface area contributed by atoms with Gasteiger partial charge >= 0.3 is 11.9 Å². The van der Waals surface area contributed by atoms with Gasteiger partial charge in [0.25, 0.3) is 0 Å². The fourth-order valence-corrected chi connectivity index (χ4v) is 10.5. The molecule has 73 heavy (non-hydrogen) atoms. The second kappa shape index (κ2) is 23.9. The summed E-state index contributed by atoms with van der Waals surface area (Å²) in [6, 6.07) is 15.1. The summed E-state index contributed by atoms with van der Waals surface area (Å²) in [4.78, 5) is 43.0. The molecular formula is C55H66N10O6S2. The smallest absolute Gasteiger partial charge is 0.308 e. The van der Waals surface area contributed by atoms with Crippen LogP contribution < -0.4 is 11.8 Å². The molecule has 4 aromatic heterocycles. The lowest BCUT2D eigenvalue weighted by Crippen LogP contribution is -2.25. The molecule has 0 bridgehead atoms. The Labute approximate surface area is 436 Å². The summed E-state index contributed by atoms with van der Waals surface area (Å²) in [5, 5.41) is 26.1. The van der Waals surface area contributed by atoms with E-state index in [2.05, 4.69) is 106 Å². The monoisotopic (exact) mass is 1030 g/mol. The Morgan fingerprint density at radius 3 is 1.37 bits per heavy atom. The lowest BCUT2D eigenvalue weighted by atomic mass is 9.98. The predicted molar refractivity (Wildman–Crippen MR) is 287 cm³/mol. The van der Waals surface area contributed by atoms with E-state index in [1.165, 1.54) is 15.3 Å². The van der Waals surface area contributed by atoms with Gasteiger partial charge in [-0.25, -0.2) is 11.8 Å². The van der Waals surface area contributed by atoms with Crippen molar-refractivity contribution in [1.82, 2.24) is 29.5 Å². The van der Waals surface area contributed by atoms with Crippen molar-refractivity contribution in [3.05, 3.63) is 126 Å². The van der Waals surface area contributed by atoms with Crippen LogP contribution in [0.25, 0.3) is 10.0 Å². The number of rotatable bonds is 9. The van der Waals surface area contributed by atoms with Crippen LogP contribution in [0.5, 0.6) is 0 Å². The number of aryl methyl sites for hydroxylation is 4. The molecule has 0 saturated heterocycles. The molecule has 2 aliphatic heterocycles. The summed E-state index contributed by atoms with van der Waals surface area (Å²) in [5.41, 5.74) is 8.74. The molecule has 2 atom stereocenters. The van der Waals surface area contributed by atoms with Crippen LogP contribution in [0.15, 0.2) is 58.5 Å². The summed E-state index contributed by atoms with van der Waals surface area (Å²) in [5.74, 6) is 23.4. The maximum Gasteiger partial charge on any atom is 0.308 e. The van der Waals surface area contributed by atoms with Crippen LogP contribution in [0.2, 0.25) is 0 Å². The second-order valence-electron chi connectivity index (χ2n) is 19.5. The van der Waals surface area contributed by atoms with Gasteiger partial charge in [0.05, 0.1) is 30.9 Å². The number of hydrogen-bond acceptors (Lipinski definition) is 16. The van der Waals surface area contributed by atoms with Gasteiger partial charge in [-0.3, -0.25) is 28.7 Å². The van der Waals surface area contributed by atoms with Crippen LogP contribution in [0.4, 0.5) is 0 Å². The van der Waals surface area contributed by atoms with E-state index in [9.17, 15) is 9.59 Å². The van der Waals surface area contributed by atoms with E-state index < -0.39 is 23.3 Å². The number of ether oxygens (including phenoxy) is 2. The van der Waals surface area contributed by atoms with E-state index in [1.807, 2.05) is 96.4 Å². The van der Waals surface area contributed by atoms with Gasteiger partial charge in [-0.15, -0.1) is 43.1 Å². The number of aliphatic imine (C=N–C) groups is 2. The Balaban J connectivity index is 0.000000230.